The zero-order valence-electron chi connectivity index (χ0n) is 14.8. The number of oxazole rings is 1. The number of nitrogens with zero attached hydrogens (tertiary/aromatic N) is 2. The number of nitrogens with one attached hydrogen (secondary N) is 1. The summed E-state index contributed by atoms with van der Waals surface area (Å²) in [4.78, 5) is 19.2. The molecule has 1 fully saturated rings. The van der Waals surface area contributed by atoms with E-state index in [1.54, 1.807) is 0 Å². The Morgan fingerprint density at radius 2 is 2.12 bits per heavy atom. The molecule has 1 aromatic carbocycles. The van der Waals surface area contributed by atoms with Gasteiger partial charge in [-0.2, -0.15) is 0 Å². The molecule has 0 unspecified atom stereocenters. The van der Waals surface area contributed by atoms with Gasteiger partial charge in [0.25, 0.3) is 5.91 Å². The van der Waals surface area contributed by atoms with E-state index in [0.717, 1.165) is 44.8 Å². The number of hydrogen-bond acceptors (Lipinski definition) is 4. The topological polar surface area (TPSA) is 58.4 Å². The molecule has 2 aromatic rings. The lowest BCUT2D eigenvalue weighted by atomic mass is 9.85. The fourth-order valence-corrected chi connectivity index (χ4v) is 3.61. The van der Waals surface area contributed by atoms with Gasteiger partial charge in [-0.05, 0) is 37.3 Å². The van der Waals surface area contributed by atoms with Crippen LogP contribution in [0.4, 0.5) is 0 Å². The van der Waals surface area contributed by atoms with Crippen LogP contribution in [0, 0.1) is 6.92 Å². The maximum atomic E-state index is 12.4. The standard InChI is InChI=1S/C20H25N3O2/c1-14-18(22-20(25-14)16-7-4-8-16)19(24)21-10-12-23-11-9-15-5-2-3-6-17(15)13-23/h2-3,5-6,16H,4,7-13H2,1H3,(H,21,24). The Kier molecular flexibility index (Phi) is 4.57. The third-order valence-corrected chi connectivity index (χ3v) is 5.41. The minimum Gasteiger partial charge on any atom is -0.445 e. The second-order valence-electron chi connectivity index (χ2n) is 7.14. The number of hydrogen-bond donors (Lipinski definition) is 1. The van der Waals surface area contributed by atoms with Crippen LogP contribution >= 0.6 is 0 Å². The SMILES string of the molecule is Cc1oc(C2CCC2)nc1C(=O)NCCN1CCc2ccccc2C1. The quantitative estimate of drug-likeness (QED) is 0.910. The van der Waals surface area contributed by atoms with Crippen molar-refractivity contribution in [2.75, 3.05) is 19.6 Å². The van der Waals surface area contributed by atoms with E-state index in [2.05, 4.69) is 39.5 Å². The summed E-state index contributed by atoms with van der Waals surface area (Å²) in [7, 11) is 0. The van der Waals surface area contributed by atoms with Crippen LogP contribution in [0.2, 0.25) is 0 Å². The van der Waals surface area contributed by atoms with Crippen molar-refractivity contribution in [3.63, 3.8) is 0 Å². The number of benzene rings is 1. The Morgan fingerprint density at radius 3 is 2.88 bits per heavy atom. The molecule has 1 aromatic heterocycles. The van der Waals surface area contributed by atoms with Crippen LogP contribution < -0.4 is 5.32 Å². The summed E-state index contributed by atoms with van der Waals surface area (Å²) < 4.78 is 5.69. The van der Waals surface area contributed by atoms with Crippen LogP contribution in [0.25, 0.3) is 0 Å². The van der Waals surface area contributed by atoms with Crippen LogP contribution in [0.3, 0.4) is 0 Å². The van der Waals surface area contributed by atoms with Crippen LogP contribution in [-0.2, 0) is 13.0 Å². The predicted octanol–water partition coefficient (Wildman–Crippen LogP) is 3.04. The van der Waals surface area contributed by atoms with Gasteiger partial charge in [0.05, 0.1) is 0 Å². The first-order valence-corrected chi connectivity index (χ1v) is 9.25. The van der Waals surface area contributed by atoms with Crippen molar-refractivity contribution in [3.05, 3.63) is 52.7 Å². The molecule has 2 heterocycles. The van der Waals surface area contributed by atoms with Crippen LogP contribution in [0.15, 0.2) is 28.7 Å². The lowest BCUT2D eigenvalue weighted by molar-refractivity contribution is 0.0941. The molecule has 4 rings (SSSR count). The van der Waals surface area contributed by atoms with E-state index in [-0.39, 0.29) is 5.91 Å². The van der Waals surface area contributed by atoms with Crippen molar-refractivity contribution in [2.24, 2.45) is 0 Å². The first-order valence-electron chi connectivity index (χ1n) is 9.25. The highest BCUT2D eigenvalue weighted by atomic mass is 16.4. The van der Waals surface area contributed by atoms with E-state index in [1.807, 2.05) is 6.92 Å². The summed E-state index contributed by atoms with van der Waals surface area (Å²) in [5.41, 5.74) is 3.30. The van der Waals surface area contributed by atoms with Gasteiger partial charge in [0.15, 0.2) is 11.6 Å². The van der Waals surface area contributed by atoms with Crippen molar-refractivity contribution < 1.29 is 9.21 Å². The summed E-state index contributed by atoms with van der Waals surface area (Å²) in [5.74, 6) is 1.66. The van der Waals surface area contributed by atoms with E-state index in [4.69, 9.17) is 4.42 Å². The maximum Gasteiger partial charge on any atom is 0.273 e. The first kappa shape index (κ1) is 16.3. The lowest BCUT2D eigenvalue weighted by Gasteiger charge is -2.28. The number of aromatic nitrogens is 1. The fraction of sp³-hybridized carbons (Fsp3) is 0.500. The van der Waals surface area contributed by atoms with Crippen molar-refractivity contribution in [1.82, 2.24) is 15.2 Å². The molecule has 5 nitrogen and oxygen atoms in total. The van der Waals surface area contributed by atoms with Gasteiger partial charge in [0.1, 0.15) is 5.76 Å². The fourth-order valence-electron chi connectivity index (χ4n) is 3.61. The van der Waals surface area contributed by atoms with Crippen molar-refractivity contribution in [3.8, 4) is 0 Å². The van der Waals surface area contributed by atoms with Crippen molar-refractivity contribution in [2.45, 2.75) is 45.1 Å². The highest BCUT2D eigenvalue weighted by Crippen LogP contribution is 2.36. The molecule has 0 bridgehead atoms. The average molecular weight is 339 g/mol. The van der Waals surface area contributed by atoms with Gasteiger partial charge in [0.2, 0.25) is 0 Å². The van der Waals surface area contributed by atoms with E-state index in [1.165, 1.54) is 17.5 Å². The number of carbonyl (C=O) groups excluding carboxylic acids is 1. The van der Waals surface area contributed by atoms with Crippen LogP contribution in [0.5, 0.6) is 0 Å². The molecule has 1 N–H and O–H groups in total. The largest absolute Gasteiger partial charge is 0.445 e. The highest BCUT2D eigenvalue weighted by molar-refractivity contribution is 5.93. The van der Waals surface area contributed by atoms with E-state index in [0.29, 0.717) is 23.9 Å². The Hall–Kier alpha value is -2.14. The molecule has 1 amide bonds. The second kappa shape index (κ2) is 7.00. The average Bonchev–Trinajstić information content (AvgIpc) is 2.94. The minimum absolute atomic E-state index is 0.121. The third-order valence-electron chi connectivity index (χ3n) is 5.41. The third kappa shape index (κ3) is 3.47. The molecule has 25 heavy (non-hydrogen) atoms. The smallest absolute Gasteiger partial charge is 0.273 e. The summed E-state index contributed by atoms with van der Waals surface area (Å²) in [5, 5.41) is 3.00. The van der Waals surface area contributed by atoms with Gasteiger partial charge < -0.3 is 9.73 Å². The minimum atomic E-state index is -0.121. The van der Waals surface area contributed by atoms with Gasteiger partial charge in [-0.25, -0.2) is 4.98 Å². The summed E-state index contributed by atoms with van der Waals surface area (Å²) in [6.45, 7) is 5.31. The van der Waals surface area contributed by atoms with Crippen LogP contribution in [0.1, 0.15) is 58.4 Å². The van der Waals surface area contributed by atoms with Crippen molar-refractivity contribution >= 4 is 5.91 Å². The summed E-state index contributed by atoms with van der Waals surface area (Å²) >= 11 is 0. The molecular formula is C20H25N3O2. The monoisotopic (exact) mass is 339 g/mol. The zero-order chi connectivity index (χ0) is 17.2. The van der Waals surface area contributed by atoms with E-state index < -0.39 is 0 Å². The van der Waals surface area contributed by atoms with E-state index >= 15 is 0 Å². The molecule has 0 radical (unpaired) electrons. The predicted molar refractivity (Wildman–Crippen MR) is 95.6 cm³/mol. The normalized spacial score (nSPS) is 17.8. The van der Waals surface area contributed by atoms with E-state index in [9.17, 15) is 4.79 Å². The maximum absolute atomic E-state index is 12.4. The molecule has 0 atom stereocenters. The van der Waals surface area contributed by atoms with Gasteiger partial charge in [-0.1, -0.05) is 30.7 Å². The number of aryl methyl sites for hydroxylation is 1. The van der Waals surface area contributed by atoms with Crippen molar-refractivity contribution in [1.29, 1.82) is 0 Å². The molecule has 1 saturated carbocycles. The molecule has 132 valence electrons. The molecular weight excluding hydrogens is 314 g/mol. The van der Waals surface area contributed by atoms with Gasteiger partial charge >= 0.3 is 0 Å². The summed E-state index contributed by atoms with van der Waals surface area (Å²) in [6, 6.07) is 8.60. The Balaban J connectivity index is 1.29. The van der Waals surface area contributed by atoms with Gasteiger partial charge in [0, 0.05) is 32.1 Å². The number of amides is 1. The molecule has 0 saturated heterocycles. The lowest BCUT2D eigenvalue weighted by Crippen LogP contribution is -2.38. The van der Waals surface area contributed by atoms with Crippen LogP contribution in [-0.4, -0.2) is 35.4 Å². The molecule has 2 aliphatic rings. The Labute approximate surface area is 148 Å². The van der Waals surface area contributed by atoms with Gasteiger partial charge in [-0.3, -0.25) is 9.69 Å². The highest BCUT2D eigenvalue weighted by Gasteiger charge is 2.27. The number of carbonyl (C=O) groups is 1. The Bertz CT molecular complexity index is 764. The molecule has 0 spiro atoms. The second-order valence-corrected chi connectivity index (χ2v) is 7.14. The summed E-state index contributed by atoms with van der Waals surface area (Å²) in [6.07, 6.45) is 4.55. The zero-order valence-corrected chi connectivity index (χ0v) is 14.8. The molecule has 1 aliphatic carbocycles. The Morgan fingerprint density at radius 1 is 1.32 bits per heavy atom. The molecule has 1 aliphatic heterocycles. The van der Waals surface area contributed by atoms with Gasteiger partial charge in [-0.15, -0.1) is 0 Å². The molecule has 5 heteroatoms. The number of fused-ring (bicyclic) bond motifs is 1. The number of rotatable bonds is 5. The first-order chi connectivity index (χ1) is 12.2.